The van der Waals surface area contributed by atoms with E-state index in [1.807, 2.05) is 13.1 Å². The lowest BCUT2D eigenvalue weighted by molar-refractivity contribution is -0.0670. The van der Waals surface area contributed by atoms with Gasteiger partial charge in [0.2, 0.25) is 0 Å². The second-order valence-electron chi connectivity index (χ2n) is 5.46. The highest BCUT2D eigenvalue weighted by Crippen LogP contribution is 2.12. The van der Waals surface area contributed by atoms with Gasteiger partial charge in [-0.15, -0.1) is 0 Å². The fourth-order valence-corrected chi connectivity index (χ4v) is 2.55. The van der Waals surface area contributed by atoms with Gasteiger partial charge in [-0.25, -0.2) is 4.98 Å². The van der Waals surface area contributed by atoms with E-state index in [1.54, 1.807) is 12.3 Å². The lowest BCUT2D eigenvalue weighted by Crippen LogP contribution is -2.47. The summed E-state index contributed by atoms with van der Waals surface area (Å²) in [5.74, 6) is 0.901. The van der Waals surface area contributed by atoms with Gasteiger partial charge in [0.25, 0.3) is 0 Å². The summed E-state index contributed by atoms with van der Waals surface area (Å²) in [4.78, 5) is 8.85. The summed E-state index contributed by atoms with van der Waals surface area (Å²) in [5.41, 5.74) is 0.595. The Balaban J connectivity index is 1.85. The molecule has 1 aliphatic rings. The van der Waals surface area contributed by atoms with Gasteiger partial charge >= 0.3 is 0 Å². The van der Waals surface area contributed by atoms with Crippen LogP contribution in [0.1, 0.15) is 19.4 Å². The second-order valence-corrected chi connectivity index (χ2v) is 5.46. The first-order chi connectivity index (χ1) is 9.58. The molecule has 0 N–H and O–H groups in total. The quantitative estimate of drug-likeness (QED) is 0.833. The molecule has 0 amide bonds. The van der Waals surface area contributed by atoms with Gasteiger partial charge in [-0.2, -0.15) is 5.26 Å². The Labute approximate surface area is 120 Å². The molecule has 2 heterocycles. The largest absolute Gasteiger partial charge is 0.373 e. The number of pyridine rings is 1. The first kappa shape index (κ1) is 14.8. The zero-order valence-electron chi connectivity index (χ0n) is 12.4. The standard InChI is InChI=1S/C15H22N4O/c1-12-10-19(11-13(2)20-12)7-6-18(3)15-5-4-14(8-16)9-17-15/h4-5,9,12-13H,6-7,10-11H2,1-3H3/t12-,13+. The molecule has 1 aliphatic heterocycles. The minimum Gasteiger partial charge on any atom is -0.373 e. The van der Waals surface area contributed by atoms with Gasteiger partial charge in [0.05, 0.1) is 17.8 Å². The van der Waals surface area contributed by atoms with Gasteiger partial charge in [-0.3, -0.25) is 4.90 Å². The van der Waals surface area contributed by atoms with Crippen molar-refractivity contribution in [2.45, 2.75) is 26.1 Å². The Bertz CT molecular complexity index is 458. The molecule has 1 aromatic heterocycles. The fraction of sp³-hybridized carbons (Fsp3) is 0.600. The molecule has 5 heteroatoms. The third-order valence-corrected chi connectivity index (χ3v) is 3.51. The van der Waals surface area contributed by atoms with E-state index in [4.69, 9.17) is 10.00 Å². The average Bonchev–Trinajstić information content (AvgIpc) is 2.44. The van der Waals surface area contributed by atoms with Crippen LogP contribution in [0.25, 0.3) is 0 Å². The Kier molecular flexibility index (Phi) is 4.94. The van der Waals surface area contributed by atoms with E-state index in [0.717, 1.165) is 32.0 Å². The number of likely N-dealkylation sites (N-methyl/N-ethyl adjacent to an activating group) is 1. The number of nitriles is 1. The van der Waals surface area contributed by atoms with Crippen LogP contribution < -0.4 is 4.90 Å². The summed E-state index contributed by atoms with van der Waals surface area (Å²) in [6, 6.07) is 5.78. The number of nitrogens with zero attached hydrogens (tertiary/aromatic N) is 4. The second kappa shape index (κ2) is 6.69. The number of anilines is 1. The van der Waals surface area contributed by atoms with Gasteiger partial charge < -0.3 is 9.64 Å². The van der Waals surface area contributed by atoms with Crippen molar-refractivity contribution in [1.29, 1.82) is 5.26 Å². The number of hydrogen-bond donors (Lipinski definition) is 0. The van der Waals surface area contributed by atoms with Crippen LogP contribution in [0.2, 0.25) is 0 Å². The lowest BCUT2D eigenvalue weighted by atomic mass is 10.2. The number of rotatable bonds is 4. The molecule has 0 radical (unpaired) electrons. The number of hydrogen-bond acceptors (Lipinski definition) is 5. The van der Waals surface area contributed by atoms with Crippen molar-refractivity contribution in [2.24, 2.45) is 0 Å². The molecule has 1 aromatic rings. The number of morpholine rings is 1. The molecule has 5 nitrogen and oxygen atoms in total. The van der Waals surface area contributed by atoms with E-state index in [-0.39, 0.29) is 0 Å². The van der Waals surface area contributed by atoms with Gasteiger partial charge in [0.1, 0.15) is 11.9 Å². The Morgan fingerprint density at radius 2 is 2.10 bits per heavy atom. The highest BCUT2D eigenvalue weighted by atomic mass is 16.5. The van der Waals surface area contributed by atoms with Crippen LogP contribution >= 0.6 is 0 Å². The summed E-state index contributed by atoms with van der Waals surface area (Å²) in [6.07, 6.45) is 2.22. The molecule has 0 unspecified atom stereocenters. The number of ether oxygens (including phenoxy) is 1. The minimum atomic E-state index is 0.303. The zero-order valence-corrected chi connectivity index (χ0v) is 12.4. The molecular formula is C15H22N4O. The zero-order chi connectivity index (χ0) is 14.5. The Morgan fingerprint density at radius 3 is 2.65 bits per heavy atom. The maximum atomic E-state index is 8.77. The van der Waals surface area contributed by atoms with Gasteiger partial charge in [-0.05, 0) is 26.0 Å². The molecule has 1 saturated heterocycles. The molecule has 0 spiro atoms. The first-order valence-corrected chi connectivity index (χ1v) is 7.03. The predicted octanol–water partition coefficient (Wildman–Crippen LogP) is 1.50. The smallest absolute Gasteiger partial charge is 0.128 e. The highest BCUT2D eigenvalue weighted by Gasteiger charge is 2.21. The molecule has 0 saturated carbocycles. The monoisotopic (exact) mass is 274 g/mol. The SMILES string of the molecule is C[C@@H]1CN(CCN(C)c2ccc(C#N)cn2)C[C@H](C)O1. The number of aromatic nitrogens is 1. The molecule has 0 aromatic carbocycles. The van der Waals surface area contributed by atoms with E-state index < -0.39 is 0 Å². The van der Waals surface area contributed by atoms with Crippen molar-refractivity contribution in [3.8, 4) is 6.07 Å². The summed E-state index contributed by atoms with van der Waals surface area (Å²) >= 11 is 0. The van der Waals surface area contributed by atoms with Crippen molar-refractivity contribution < 1.29 is 4.74 Å². The van der Waals surface area contributed by atoms with Gasteiger partial charge in [-0.1, -0.05) is 0 Å². The topological polar surface area (TPSA) is 52.4 Å². The van der Waals surface area contributed by atoms with Gasteiger partial charge in [0, 0.05) is 39.4 Å². The first-order valence-electron chi connectivity index (χ1n) is 7.03. The Morgan fingerprint density at radius 1 is 1.40 bits per heavy atom. The van der Waals surface area contributed by atoms with Crippen molar-refractivity contribution in [1.82, 2.24) is 9.88 Å². The van der Waals surface area contributed by atoms with E-state index in [1.165, 1.54) is 0 Å². The van der Waals surface area contributed by atoms with Crippen LogP contribution in [0.5, 0.6) is 0 Å². The van der Waals surface area contributed by atoms with Crippen LogP contribution in [0, 0.1) is 11.3 Å². The summed E-state index contributed by atoms with van der Waals surface area (Å²) in [5, 5.41) is 8.77. The van der Waals surface area contributed by atoms with Crippen LogP contribution in [-0.4, -0.2) is 55.3 Å². The summed E-state index contributed by atoms with van der Waals surface area (Å²) in [6.45, 7) is 8.12. The van der Waals surface area contributed by atoms with Crippen molar-refractivity contribution in [2.75, 3.05) is 38.1 Å². The van der Waals surface area contributed by atoms with Crippen LogP contribution in [0.4, 0.5) is 5.82 Å². The lowest BCUT2D eigenvalue weighted by Gasteiger charge is -2.36. The fourth-order valence-electron chi connectivity index (χ4n) is 2.55. The molecule has 2 rings (SSSR count). The summed E-state index contributed by atoms with van der Waals surface area (Å²) < 4.78 is 5.74. The molecule has 108 valence electrons. The average molecular weight is 274 g/mol. The van der Waals surface area contributed by atoms with Crippen molar-refractivity contribution in [3.63, 3.8) is 0 Å². The molecule has 2 atom stereocenters. The predicted molar refractivity (Wildman–Crippen MR) is 78.7 cm³/mol. The van der Waals surface area contributed by atoms with E-state index >= 15 is 0 Å². The normalized spacial score (nSPS) is 23.3. The van der Waals surface area contributed by atoms with E-state index in [2.05, 4.69) is 34.7 Å². The van der Waals surface area contributed by atoms with Crippen LogP contribution in [0.15, 0.2) is 18.3 Å². The van der Waals surface area contributed by atoms with Crippen LogP contribution in [0.3, 0.4) is 0 Å². The van der Waals surface area contributed by atoms with E-state index in [9.17, 15) is 0 Å². The Hall–Kier alpha value is -1.64. The maximum absolute atomic E-state index is 8.77. The summed E-state index contributed by atoms with van der Waals surface area (Å²) in [7, 11) is 2.03. The molecule has 1 fully saturated rings. The van der Waals surface area contributed by atoms with E-state index in [0.29, 0.717) is 17.8 Å². The van der Waals surface area contributed by atoms with Gasteiger partial charge in [0.15, 0.2) is 0 Å². The van der Waals surface area contributed by atoms with Crippen LogP contribution in [-0.2, 0) is 4.74 Å². The third kappa shape index (κ3) is 3.92. The third-order valence-electron chi connectivity index (χ3n) is 3.51. The molecule has 20 heavy (non-hydrogen) atoms. The molecule has 0 bridgehead atoms. The van der Waals surface area contributed by atoms with Crippen molar-refractivity contribution >= 4 is 5.82 Å². The molecule has 0 aliphatic carbocycles. The maximum Gasteiger partial charge on any atom is 0.128 e. The molecular weight excluding hydrogens is 252 g/mol. The minimum absolute atomic E-state index is 0.303. The van der Waals surface area contributed by atoms with Crippen molar-refractivity contribution in [3.05, 3.63) is 23.9 Å². The highest BCUT2D eigenvalue weighted by molar-refractivity contribution is 5.40.